The highest BCUT2D eigenvalue weighted by Gasteiger charge is 2.37. The summed E-state index contributed by atoms with van der Waals surface area (Å²) in [5.41, 5.74) is -1.01. The van der Waals surface area contributed by atoms with Crippen molar-refractivity contribution in [3.8, 4) is 0 Å². The summed E-state index contributed by atoms with van der Waals surface area (Å²) in [6, 6.07) is 4.55. The standard InChI is InChI=1S/C18H20F3N5O2/c1-24(16-13(18(19,20)21)6-3-9-22-16)12-5-4-10-26(11-12)17(28)14-7-8-15(27)25(2)23-14/h3,6-9,12H,4-5,10-11H2,1-2H3. The molecule has 3 rings (SSSR count). The van der Waals surface area contributed by atoms with Gasteiger partial charge in [0.2, 0.25) is 0 Å². The maximum absolute atomic E-state index is 13.3. The lowest BCUT2D eigenvalue weighted by Crippen LogP contribution is -2.49. The van der Waals surface area contributed by atoms with E-state index in [0.717, 1.165) is 10.7 Å². The number of amides is 1. The summed E-state index contributed by atoms with van der Waals surface area (Å²) in [6.07, 6.45) is -1.92. The molecule has 2 aromatic rings. The highest BCUT2D eigenvalue weighted by Crippen LogP contribution is 2.36. The van der Waals surface area contributed by atoms with Crippen molar-refractivity contribution in [2.45, 2.75) is 25.1 Å². The van der Waals surface area contributed by atoms with Crippen LogP contribution in [0.15, 0.2) is 35.3 Å². The minimum absolute atomic E-state index is 0.124. The van der Waals surface area contributed by atoms with E-state index >= 15 is 0 Å². The number of alkyl halides is 3. The fourth-order valence-electron chi connectivity index (χ4n) is 3.31. The van der Waals surface area contributed by atoms with Gasteiger partial charge in [0.05, 0.1) is 5.56 Å². The van der Waals surface area contributed by atoms with E-state index in [9.17, 15) is 22.8 Å². The van der Waals surface area contributed by atoms with Crippen molar-refractivity contribution in [2.24, 2.45) is 7.05 Å². The molecular weight excluding hydrogens is 375 g/mol. The van der Waals surface area contributed by atoms with E-state index in [1.165, 1.54) is 36.3 Å². The van der Waals surface area contributed by atoms with Crippen LogP contribution in [0.2, 0.25) is 0 Å². The summed E-state index contributed by atoms with van der Waals surface area (Å²) in [5.74, 6) is -0.514. The molecule has 7 nitrogen and oxygen atoms in total. The van der Waals surface area contributed by atoms with Crippen molar-refractivity contribution < 1.29 is 18.0 Å². The van der Waals surface area contributed by atoms with Crippen molar-refractivity contribution in [1.82, 2.24) is 19.7 Å². The number of piperidine rings is 1. The molecule has 0 bridgehead atoms. The molecular formula is C18H20F3N5O2. The van der Waals surface area contributed by atoms with Gasteiger partial charge in [0.25, 0.3) is 11.5 Å². The second-order valence-corrected chi connectivity index (χ2v) is 6.71. The number of pyridine rings is 1. The molecule has 10 heteroatoms. The molecule has 150 valence electrons. The van der Waals surface area contributed by atoms with Crippen molar-refractivity contribution in [3.63, 3.8) is 0 Å². The molecule has 0 aromatic carbocycles. The van der Waals surface area contributed by atoms with Crippen LogP contribution in [0.25, 0.3) is 0 Å². The lowest BCUT2D eigenvalue weighted by Gasteiger charge is -2.38. The van der Waals surface area contributed by atoms with E-state index in [1.54, 1.807) is 11.9 Å². The Balaban J connectivity index is 1.81. The van der Waals surface area contributed by atoms with E-state index in [-0.39, 0.29) is 35.6 Å². The van der Waals surface area contributed by atoms with Gasteiger partial charge < -0.3 is 9.80 Å². The maximum Gasteiger partial charge on any atom is 0.419 e. The molecule has 0 spiro atoms. The van der Waals surface area contributed by atoms with Crippen LogP contribution in [0, 0.1) is 0 Å². The number of carbonyl (C=O) groups is 1. The van der Waals surface area contributed by atoms with Gasteiger partial charge in [-0.1, -0.05) is 0 Å². The molecule has 0 saturated carbocycles. The molecule has 3 heterocycles. The van der Waals surface area contributed by atoms with Crippen LogP contribution in [0.4, 0.5) is 19.0 Å². The first kappa shape index (κ1) is 19.8. The Kier molecular flexibility index (Phi) is 5.39. The fourth-order valence-corrected chi connectivity index (χ4v) is 3.31. The average Bonchev–Trinajstić information content (AvgIpc) is 2.68. The van der Waals surface area contributed by atoms with Gasteiger partial charge in [-0.3, -0.25) is 9.59 Å². The molecule has 2 aromatic heterocycles. The molecule has 0 radical (unpaired) electrons. The minimum Gasteiger partial charge on any atom is -0.354 e. The summed E-state index contributed by atoms with van der Waals surface area (Å²) in [6.45, 7) is 0.718. The van der Waals surface area contributed by atoms with Crippen molar-refractivity contribution >= 4 is 11.7 Å². The topological polar surface area (TPSA) is 71.3 Å². The number of carbonyl (C=O) groups excluding carboxylic acids is 1. The second kappa shape index (κ2) is 7.61. The Morgan fingerprint density at radius 2 is 2.04 bits per heavy atom. The van der Waals surface area contributed by atoms with Crippen LogP contribution in [0.3, 0.4) is 0 Å². The third kappa shape index (κ3) is 4.00. The Morgan fingerprint density at radius 3 is 2.71 bits per heavy atom. The molecule has 1 atom stereocenters. The van der Waals surface area contributed by atoms with Crippen LogP contribution < -0.4 is 10.5 Å². The zero-order valence-corrected chi connectivity index (χ0v) is 15.5. The van der Waals surface area contributed by atoms with Crippen LogP contribution in [0.1, 0.15) is 28.9 Å². The number of likely N-dealkylation sites (tertiary alicyclic amines) is 1. The Bertz CT molecular complexity index is 928. The highest BCUT2D eigenvalue weighted by atomic mass is 19.4. The number of halogens is 3. The van der Waals surface area contributed by atoms with Gasteiger partial charge in [0.15, 0.2) is 0 Å². The SMILES string of the molecule is CN(c1ncccc1C(F)(F)F)C1CCCN(C(=O)c2ccc(=O)n(C)n2)C1. The van der Waals surface area contributed by atoms with E-state index < -0.39 is 11.7 Å². The highest BCUT2D eigenvalue weighted by molar-refractivity contribution is 5.92. The predicted octanol–water partition coefficient (Wildman–Crippen LogP) is 1.94. The lowest BCUT2D eigenvalue weighted by atomic mass is 10.0. The number of aryl methyl sites for hydroxylation is 1. The van der Waals surface area contributed by atoms with Crippen molar-refractivity contribution in [2.75, 3.05) is 25.0 Å². The first-order chi connectivity index (χ1) is 13.2. The number of rotatable bonds is 3. The van der Waals surface area contributed by atoms with E-state index in [2.05, 4.69) is 10.1 Å². The number of hydrogen-bond donors (Lipinski definition) is 0. The molecule has 1 aliphatic rings. The van der Waals surface area contributed by atoms with Gasteiger partial charge in [-0.25, -0.2) is 9.67 Å². The molecule has 0 N–H and O–H groups in total. The normalized spacial score (nSPS) is 17.5. The quantitative estimate of drug-likeness (QED) is 0.794. The third-order valence-corrected chi connectivity index (χ3v) is 4.84. The van der Waals surface area contributed by atoms with Crippen LogP contribution in [-0.2, 0) is 13.2 Å². The molecule has 28 heavy (non-hydrogen) atoms. The van der Waals surface area contributed by atoms with Gasteiger partial charge in [-0.2, -0.15) is 18.3 Å². The zero-order valence-electron chi connectivity index (χ0n) is 15.5. The molecule has 1 unspecified atom stereocenters. The molecule has 1 aliphatic heterocycles. The molecule has 1 saturated heterocycles. The number of hydrogen-bond acceptors (Lipinski definition) is 5. The van der Waals surface area contributed by atoms with E-state index in [0.29, 0.717) is 19.4 Å². The van der Waals surface area contributed by atoms with Gasteiger partial charge in [-0.05, 0) is 31.0 Å². The fraction of sp³-hybridized carbons (Fsp3) is 0.444. The Labute approximate surface area is 159 Å². The van der Waals surface area contributed by atoms with Crippen LogP contribution in [-0.4, -0.2) is 51.8 Å². The second-order valence-electron chi connectivity index (χ2n) is 6.71. The summed E-state index contributed by atoms with van der Waals surface area (Å²) in [5, 5.41) is 3.96. The summed E-state index contributed by atoms with van der Waals surface area (Å²) in [7, 11) is 3.01. The lowest BCUT2D eigenvalue weighted by molar-refractivity contribution is -0.137. The van der Waals surface area contributed by atoms with E-state index in [4.69, 9.17) is 0 Å². The minimum atomic E-state index is -4.51. The van der Waals surface area contributed by atoms with Crippen molar-refractivity contribution in [3.05, 3.63) is 52.1 Å². The summed E-state index contributed by atoms with van der Waals surface area (Å²) < 4.78 is 41.0. The maximum atomic E-state index is 13.3. The summed E-state index contributed by atoms with van der Waals surface area (Å²) >= 11 is 0. The summed E-state index contributed by atoms with van der Waals surface area (Å²) in [4.78, 5) is 31.1. The van der Waals surface area contributed by atoms with E-state index in [1.807, 2.05) is 0 Å². The van der Waals surface area contributed by atoms with Gasteiger partial charge in [0.1, 0.15) is 11.5 Å². The number of likely N-dealkylation sites (N-methyl/N-ethyl adjacent to an activating group) is 1. The van der Waals surface area contributed by atoms with Crippen LogP contribution in [0.5, 0.6) is 0 Å². The van der Waals surface area contributed by atoms with Crippen molar-refractivity contribution in [1.29, 1.82) is 0 Å². The predicted molar refractivity (Wildman–Crippen MR) is 96.0 cm³/mol. The number of nitrogens with zero attached hydrogens (tertiary/aromatic N) is 5. The Hall–Kier alpha value is -2.91. The largest absolute Gasteiger partial charge is 0.419 e. The monoisotopic (exact) mass is 395 g/mol. The first-order valence-electron chi connectivity index (χ1n) is 8.77. The molecule has 0 aliphatic carbocycles. The van der Waals surface area contributed by atoms with Gasteiger partial charge in [-0.15, -0.1) is 0 Å². The van der Waals surface area contributed by atoms with Gasteiger partial charge in [0, 0.05) is 45.5 Å². The zero-order chi connectivity index (χ0) is 20.5. The first-order valence-corrected chi connectivity index (χ1v) is 8.77. The average molecular weight is 395 g/mol. The van der Waals surface area contributed by atoms with Gasteiger partial charge >= 0.3 is 6.18 Å². The molecule has 1 fully saturated rings. The number of aromatic nitrogens is 3. The third-order valence-electron chi connectivity index (χ3n) is 4.84. The number of anilines is 1. The molecule has 1 amide bonds. The van der Waals surface area contributed by atoms with Crippen LogP contribution >= 0.6 is 0 Å². The Morgan fingerprint density at radius 1 is 1.29 bits per heavy atom. The smallest absolute Gasteiger partial charge is 0.354 e.